The first-order valence-electron chi connectivity index (χ1n) is 9.05. The fourth-order valence-corrected chi connectivity index (χ4v) is 3.12. The van der Waals surface area contributed by atoms with E-state index in [1.54, 1.807) is 24.3 Å². The lowest BCUT2D eigenvalue weighted by Crippen LogP contribution is -2.17. The number of amides is 2. The summed E-state index contributed by atoms with van der Waals surface area (Å²) in [6.07, 6.45) is 1.44. The normalized spacial score (nSPS) is 11.8. The Bertz CT molecular complexity index is 1090. The summed E-state index contributed by atoms with van der Waals surface area (Å²) < 4.78 is 10.6. The molecule has 7 nitrogen and oxygen atoms in total. The van der Waals surface area contributed by atoms with Crippen molar-refractivity contribution in [2.45, 2.75) is 13.8 Å². The second-order valence-electron chi connectivity index (χ2n) is 6.78. The second-order valence-corrected chi connectivity index (χ2v) is 6.78. The molecule has 2 N–H and O–H groups in total. The van der Waals surface area contributed by atoms with Gasteiger partial charge in [-0.05, 0) is 61.4 Å². The average Bonchev–Trinajstić information content (AvgIpc) is 3.15. The fourth-order valence-electron chi connectivity index (χ4n) is 3.12. The van der Waals surface area contributed by atoms with Crippen LogP contribution in [0.15, 0.2) is 54.7 Å². The quantitative estimate of drug-likeness (QED) is 0.706. The summed E-state index contributed by atoms with van der Waals surface area (Å²) in [5.74, 6) is 0.461. The van der Waals surface area contributed by atoms with Crippen molar-refractivity contribution in [3.8, 4) is 11.5 Å². The molecule has 0 saturated heterocycles. The Labute approximate surface area is 167 Å². The predicted molar refractivity (Wildman–Crippen MR) is 109 cm³/mol. The summed E-state index contributed by atoms with van der Waals surface area (Å²) in [6, 6.07) is 13.9. The smallest absolute Gasteiger partial charge is 0.274 e. The van der Waals surface area contributed by atoms with Crippen molar-refractivity contribution in [2.24, 2.45) is 0 Å². The Hall–Kier alpha value is -3.87. The highest BCUT2D eigenvalue weighted by molar-refractivity contribution is 6.08. The van der Waals surface area contributed by atoms with Crippen molar-refractivity contribution in [2.75, 3.05) is 17.4 Å². The molecule has 3 aromatic rings. The van der Waals surface area contributed by atoms with Crippen LogP contribution >= 0.6 is 0 Å². The van der Waals surface area contributed by atoms with Crippen LogP contribution in [0.5, 0.6) is 11.5 Å². The van der Waals surface area contributed by atoms with Crippen LogP contribution in [0.1, 0.15) is 32.0 Å². The summed E-state index contributed by atoms with van der Waals surface area (Å²) in [6.45, 7) is 4.09. The number of nitrogens with one attached hydrogen (secondary N) is 2. The molecule has 146 valence electrons. The van der Waals surface area contributed by atoms with E-state index in [0.29, 0.717) is 28.4 Å². The highest BCUT2D eigenvalue weighted by Crippen LogP contribution is 2.34. The van der Waals surface area contributed by atoms with Crippen molar-refractivity contribution < 1.29 is 19.1 Å². The monoisotopic (exact) mass is 389 g/mol. The molecule has 7 heteroatoms. The number of benzene rings is 2. The molecule has 1 aromatic heterocycles. The Morgan fingerprint density at radius 3 is 2.34 bits per heavy atom. The predicted octanol–water partition coefficient (Wildman–Crippen LogP) is 3.93. The van der Waals surface area contributed by atoms with E-state index in [0.717, 1.165) is 11.1 Å². The highest BCUT2D eigenvalue weighted by atomic mass is 16.7. The largest absolute Gasteiger partial charge is 0.454 e. The third-order valence-corrected chi connectivity index (χ3v) is 4.36. The molecule has 0 unspecified atom stereocenters. The van der Waals surface area contributed by atoms with E-state index in [9.17, 15) is 9.59 Å². The number of carbonyl (C=O) groups excluding carboxylic acids is 2. The number of hydrogen-bond acceptors (Lipinski definition) is 5. The lowest BCUT2D eigenvalue weighted by atomic mass is 10.1. The first-order chi connectivity index (χ1) is 14.0. The number of carbonyl (C=O) groups is 2. The molecule has 0 atom stereocenters. The Kier molecular flexibility index (Phi) is 4.87. The molecule has 29 heavy (non-hydrogen) atoms. The molecule has 0 saturated carbocycles. The first-order valence-corrected chi connectivity index (χ1v) is 9.05. The van der Waals surface area contributed by atoms with Gasteiger partial charge in [0.05, 0.1) is 0 Å². The molecule has 0 radical (unpaired) electrons. The molecule has 2 aromatic carbocycles. The average molecular weight is 389 g/mol. The van der Waals surface area contributed by atoms with E-state index in [-0.39, 0.29) is 18.4 Å². The Morgan fingerprint density at radius 2 is 1.55 bits per heavy atom. The minimum atomic E-state index is -0.426. The molecule has 0 fully saturated rings. The van der Waals surface area contributed by atoms with E-state index < -0.39 is 5.91 Å². The Balaban J connectivity index is 1.49. The second kappa shape index (κ2) is 7.63. The van der Waals surface area contributed by atoms with Gasteiger partial charge in [-0.2, -0.15) is 0 Å². The van der Waals surface area contributed by atoms with E-state index >= 15 is 0 Å². The van der Waals surface area contributed by atoms with Crippen LogP contribution in [0, 0.1) is 13.8 Å². The van der Waals surface area contributed by atoms with Gasteiger partial charge in [0.15, 0.2) is 11.5 Å². The van der Waals surface area contributed by atoms with Crippen molar-refractivity contribution in [1.82, 2.24) is 4.98 Å². The van der Waals surface area contributed by atoms with Gasteiger partial charge >= 0.3 is 0 Å². The molecule has 0 bridgehead atoms. The van der Waals surface area contributed by atoms with Gasteiger partial charge in [0, 0.05) is 29.2 Å². The third kappa shape index (κ3) is 4.19. The van der Waals surface area contributed by atoms with E-state index in [1.807, 2.05) is 32.0 Å². The minimum absolute atomic E-state index is 0.135. The molecular weight excluding hydrogens is 370 g/mol. The van der Waals surface area contributed by atoms with Crippen LogP contribution in [0.4, 0.5) is 11.4 Å². The van der Waals surface area contributed by atoms with Gasteiger partial charge in [0.25, 0.3) is 11.8 Å². The van der Waals surface area contributed by atoms with E-state index in [2.05, 4.69) is 15.6 Å². The van der Waals surface area contributed by atoms with Crippen LogP contribution in [0.3, 0.4) is 0 Å². The zero-order chi connectivity index (χ0) is 20.4. The van der Waals surface area contributed by atoms with Crippen LogP contribution in [0.2, 0.25) is 0 Å². The lowest BCUT2D eigenvalue weighted by Gasteiger charge is -2.09. The van der Waals surface area contributed by atoms with Crippen LogP contribution in [-0.2, 0) is 0 Å². The standard InChI is InChI=1S/C22H19N3O4/c1-13-7-14(2)9-17(8-13)25-21(26)15-5-6-23-18(10-15)22(27)24-16-3-4-19-20(11-16)29-12-28-19/h3-11H,12H2,1-2H3,(H,24,27)(H,25,26). The van der Waals surface area contributed by atoms with Gasteiger partial charge in [0.1, 0.15) is 5.69 Å². The Morgan fingerprint density at radius 1 is 0.828 bits per heavy atom. The maximum atomic E-state index is 12.6. The molecule has 2 heterocycles. The van der Waals surface area contributed by atoms with Crippen molar-refractivity contribution in [1.29, 1.82) is 0 Å². The molecular formula is C22H19N3O4. The highest BCUT2D eigenvalue weighted by Gasteiger charge is 2.16. The molecule has 4 rings (SSSR count). The van der Waals surface area contributed by atoms with Gasteiger partial charge in [-0.15, -0.1) is 0 Å². The van der Waals surface area contributed by atoms with E-state index in [1.165, 1.54) is 12.3 Å². The fraction of sp³-hybridized carbons (Fsp3) is 0.136. The minimum Gasteiger partial charge on any atom is -0.454 e. The maximum absolute atomic E-state index is 12.6. The topological polar surface area (TPSA) is 89.6 Å². The number of ether oxygens (including phenoxy) is 2. The van der Waals surface area contributed by atoms with Gasteiger partial charge in [-0.25, -0.2) is 0 Å². The summed E-state index contributed by atoms with van der Waals surface area (Å²) in [7, 11) is 0. The van der Waals surface area contributed by atoms with Crippen molar-refractivity contribution >= 4 is 23.2 Å². The number of aromatic nitrogens is 1. The number of rotatable bonds is 4. The van der Waals surface area contributed by atoms with Crippen LogP contribution < -0.4 is 20.1 Å². The van der Waals surface area contributed by atoms with Crippen LogP contribution in [0.25, 0.3) is 0 Å². The third-order valence-electron chi connectivity index (χ3n) is 4.36. The zero-order valence-electron chi connectivity index (χ0n) is 16.0. The number of nitrogens with zero attached hydrogens (tertiary/aromatic N) is 1. The number of hydrogen-bond donors (Lipinski definition) is 2. The SMILES string of the molecule is Cc1cc(C)cc(NC(=O)c2ccnc(C(=O)Nc3ccc4c(c3)OCO4)c2)c1. The van der Waals surface area contributed by atoms with Crippen molar-refractivity contribution in [3.05, 3.63) is 77.1 Å². The number of aryl methyl sites for hydroxylation is 2. The lowest BCUT2D eigenvalue weighted by molar-refractivity contribution is 0.102. The van der Waals surface area contributed by atoms with E-state index in [4.69, 9.17) is 9.47 Å². The molecule has 0 spiro atoms. The van der Waals surface area contributed by atoms with Crippen molar-refractivity contribution in [3.63, 3.8) is 0 Å². The molecule has 1 aliphatic rings. The number of pyridine rings is 1. The summed E-state index contributed by atoms with van der Waals surface area (Å²) in [5.41, 5.74) is 3.84. The zero-order valence-corrected chi connectivity index (χ0v) is 16.0. The maximum Gasteiger partial charge on any atom is 0.274 e. The first kappa shape index (κ1) is 18.5. The number of fused-ring (bicyclic) bond motifs is 1. The molecule has 0 aliphatic carbocycles. The summed E-state index contributed by atoms with van der Waals surface area (Å²) >= 11 is 0. The van der Waals surface area contributed by atoms with Gasteiger partial charge in [-0.3, -0.25) is 14.6 Å². The van der Waals surface area contributed by atoms with Gasteiger partial charge in [0.2, 0.25) is 6.79 Å². The van der Waals surface area contributed by atoms with Crippen LogP contribution in [-0.4, -0.2) is 23.6 Å². The summed E-state index contributed by atoms with van der Waals surface area (Å²) in [4.78, 5) is 29.2. The van der Waals surface area contributed by atoms with Gasteiger partial charge in [-0.1, -0.05) is 6.07 Å². The number of anilines is 2. The van der Waals surface area contributed by atoms with Gasteiger partial charge < -0.3 is 20.1 Å². The summed E-state index contributed by atoms with van der Waals surface area (Å²) in [5, 5.41) is 5.61. The molecule has 1 aliphatic heterocycles. The molecule has 2 amide bonds.